The number of halogens is 2. The Labute approximate surface area is 187 Å². The minimum Gasteiger partial charge on any atom is -0.451 e. The molecule has 1 N–H and O–H groups in total. The lowest BCUT2D eigenvalue weighted by Gasteiger charge is -2.14. The van der Waals surface area contributed by atoms with Crippen molar-refractivity contribution in [3.05, 3.63) is 69.4 Å². The number of aromatic nitrogens is 2. The number of hydrogen-bond acceptors (Lipinski definition) is 7. The summed E-state index contributed by atoms with van der Waals surface area (Å²) in [6.07, 6.45) is -0.114. The number of hydrogen-bond donors (Lipinski definition) is 1. The van der Waals surface area contributed by atoms with Gasteiger partial charge in [-0.1, -0.05) is 12.1 Å². The molecule has 0 bridgehead atoms. The number of esters is 1. The van der Waals surface area contributed by atoms with Crippen LogP contribution in [0.2, 0.25) is 0 Å². The highest BCUT2D eigenvalue weighted by atomic mass is 32.1. The van der Waals surface area contributed by atoms with Gasteiger partial charge >= 0.3 is 5.97 Å². The Morgan fingerprint density at radius 1 is 1.19 bits per heavy atom. The van der Waals surface area contributed by atoms with E-state index in [-0.39, 0.29) is 0 Å². The van der Waals surface area contributed by atoms with Gasteiger partial charge in [0.05, 0.1) is 11.7 Å². The van der Waals surface area contributed by atoms with Gasteiger partial charge in [-0.05, 0) is 30.5 Å². The average molecular weight is 475 g/mol. The third kappa shape index (κ3) is 4.30. The molecule has 1 amide bonds. The van der Waals surface area contributed by atoms with Gasteiger partial charge in [-0.2, -0.15) is 0 Å². The number of rotatable bonds is 6. The van der Waals surface area contributed by atoms with E-state index in [0.29, 0.717) is 10.2 Å². The molecule has 0 saturated carbocycles. The van der Waals surface area contributed by atoms with Gasteiger partial charge in [0.1, 0.15) is 28.7 Å². The molecule has 0 spiro atoms. The lowest BCUT2D eigenvalue weighted by molar-refractivity contribution is -0.153. The second-order valence-corrected chi connectivity index (χ2v) is 8.51. The molecule has 3 aromatic heterocycles. The molecule has 4 rings (SSSR count). The van der Waals surface area contributed by atoms with Gasteiger partial charge in [-0.15, -0.1) is 22.7 Å². The Hall–Kier alpha value is -3.44. The summed E-state index contributed by atoms with van der Waals surface area (Å²) < 4.78 is 33.5. The van der Waals surface area contributed by atoms with Gasteiger partial charge in [-0.25, -0.2) is 13.8 Å². The SMILES string of the molecule is CC(OC(=O)Cn1cnc2scc(-c3cccs3)c2c1=O)C(=O)Nc1c(F)cccc1F. The molecule has 4 aromatic rings. The average Bonchev–Trinajstić information content (AvgIpc) is 3.42. The number of carbonyl (C=O) groups excluding carboxylic acids is 2. The van der Waals surface area contributed by atoms with E-state index in [2.05, 4.69) is 10.3 Å². The molecule has 0 aliphatic rings. The van der Waals surface area contributed by atoms with E-state index in [1.807, 2.05) is 22.9 Å². The number of anilines is 1. The van der Waals surface area contributed by atoms with Crippen molar-refractivity contribution in [3.63, 3.8) is 0 Å². The molecule has 0 aliphatic carbocycles. The number of fused-ring (bicyclic) bond motifs is 1. The molecule has 164 valence electrons. The van der Waals surface area contributed by atoms with E-state index in [4.69, 9.17) is 4.74 Å². The van der Waals surface area contributed by atoms with Crippen molar-refractivity contribution in [1.82, 2.24) is 9.55 Å². The van der Waals surface area contributed by atoms with Gasteiger partial charge in [0.25, 0.3) is 11.5 Å². The molecular formula is C21H15F2N3O4S2. The second-order valence-electron chi connectivity index (χ2n) is 6.70. The van der Waals surface area contributed by atoms with Crippen LogP contribution in [-0.2, 0) is 20.9 Å². The molecule has 0 aliphatic heterocycles. The molecule has 3 heterocycles. The van der Waals surface area contributed by atoms with Crippen molar-refractivity contribution in [2.75, 3.05) is 5.32 Å². The predicted octanol–water partition coefficient (Wildman–Crippen LogP) is 4.04. The van der Waals surface area contributed by atoms with E-state index in [1.165, 1.54) is 35.9 Å². The summed E-state index contributed by atoms with van der Waals surface area (Å²) in [4.78, 5) is 43.1. The quantitative estimate of drug-likeness (QED) is 0.425. The van der Waals surface area contributed by atoms with Crippen molar-refractivity contribution in [1.29, 1.82) is 0 Å². The van der Waals surface area contributed by atoms with E-state index in [9.17, 15) is 23.2 Å². The van der Waals surface area contributed by atoms with Gasteiger partial charge in [0.15, 0.2) is 6.10 Å². The maximum Gasteiger partial charge on any atom is 0.326 e. The van der Waals surface area contributed by atoms with Gasteiger partial charge in [-0.3, -0.25) is 19.0 Å². The normalized spacial score (nSPS) is 12.0. The van der Waals surface area contributed by atoms with Crippen LogP contribution in [0, 0.1) is 11.6 Å². The monoisotopic (exact) mass is 475 g/mol. The van der Waals surface area contributed by atoms with Crippen LogP contribution in [0.1, 0.15) is 6.92 Å². The largest absolute Gasteiger partial charge is 0.451 e. The molecule has 1 aromatic carbocycles. The maximum absolute atomic E-state index is 13.7. The third-order valence-electron chi connectivity index (χ3n) is 4.54. The Bertz CT molecular complexity index is 1350. The van der Waals surface area contributed by atoms with Crippen LogP contribution in [-0.4, -0.2) is 27.5 Å². The zero-order chi connectivity index (χ0) is 22.8. The lowest BCUT2D eigenvalue weighted by atomic mass is 10.2. The van der Waals surface area contributed by atoms with Crippen LogP contribution >= 0.6 is 22.7 Å². The minimum atomic E-state index is -1.35. The molecule has 1 atom stereocenters. The summed E-state index contributed by atoms with van der Waals surface area (Å²) in [5.41, 5.74) is -0.313. The van der Waals surface area contributed by atoms with E-state index in [0.717, 1.165) is 33.2 Å². The smallest absolute Gasteiger partial charge is 0.326 e. The van der Waals surface area contributed by atoms with Crippen molar-refractivity contribution in [2.24, 2.45) is 0 Å². The van der Waals surface area contributed by atoms with E-state index < -0.39 is 47.4 Å². The fourth-order valence-corrected chi connectivity index (χ4v) is 4.68. The Morgan fingerprint density at radius 3 is 2.62 bits per heavy atom. The van der Waals surface area contributed by atoms with Gasteiger partial charge < -0.3 is 10.1 Å². The number of nitrogens with one attached hydrogen (secondary N) is 1. The number of carbonyl (C=O) groups is 2. The zero-order valence-corrected chi connectivity index (χ0v) is 18.1. The van der Waals surface area contributed by atoms with Gasteiger partial charge in [0, 0.05) is 15.8 Å². The molecule has 0 saturated heterocycles. The molecule has 1 unspecified atom stereocenters. The highest BCUT2D eigenvalue weighted by molar-refractivity contribution is 7.18. The van der Waals surface area contributed by atoms with E-state index >= 15 is 0 Å². The van der Waals surface area contributed by atoms with Crippen molar-refractivity contribution in [3.8, 4) is 10.4 Å². The Kier molecular flexibility index (Phi) is 6.10. The maximum atomic E-state index is 13.7. The molecule has 0 fully saturated rings. The standard InChI is InChI=1S/C21H15F2N3O4S2/c1-11(19(28)25-18-13(22)4-2-5-14(18)23)30-16(27)8-26-10-24-20-17(21(26)29)12(9-32-20)15-6-3-7-31-15/h2-7,9-11H,8H2,1H3,(H,25,28). The van der Waals surface area contributed by atoms with Gasteiger partial charge in [0.2, 0.25) is 0 Å². The summed E-state index contributed by atoms with van der Waals surface area (Å²) in [5.74, 6) is -3.71. The number of nitrogens with zero attached hydrogens (tertiary/aromatic N) is 2. The van der Waals surface area contributed by atoms with Crippen LogP contribution in [0.15, 0.2) is 52.2 Å². The van der Waals surface area contributed by atoms with E-state index in [1.54, 1.807) is 0 Å². The highest BCUT2D eigenvalue weighted by Gasteiger charge is 2.22. The van der Waals surface area contributed by atoms with Crippen LogP contribution < -0.4 is 10.9 Å². The molecule has 0 radical (unpaired) electrons. The zero-order valence-electron chi connectivity index (χ0n) is 16.5. The first-order chi connectivity index (χ1) is 15.3. The van der Waals surface area contributed by atoms with Crippen molar-refractivity contribution < 1.29 is 23.1 Å². The highest BCUT2D eigenvalue weighted by Crippen LogP contribution is 2.33. The molecular weight excluding hydrogens is 460 g/mol. The number of amides is 1. The first-order valence-corrected chi connectivity index (χ1v) is 11.1. The first-order valence-electron chi connectivity index (χ1n) is 9.30. The Morgan fingerprint density at radius 2 is 1.94 bits per heavy atom. The molecule has 32 heavy (non-hydrogen) atoms. The van der Waals surface area contributed by atoms with Crippen molar-refractivity contribution >= 4 is 50.5 Å². The predicted molar refractivity (Wildman–Crippen MR) is 118 cm³/mol. The fourth-order valence-electron chi connectivity index (χ4n) is 2.96. The lowest BCUT2D eigenvalue weighted by Crippen LogP contribution is -2.33. The summed E-state index contributed by atoms with van der Waals surface area (Å²) in [6, 6.07) is 6.88. The van der Waals surface area contributed by atoms with Crippen LogP contribution in [0.4, 0.5) is 14.5 Å². The second kappa shape index (κ2) is 8.97. The third-order valence-corrected chi connectivity index (χ3v) is 6.32. The molecule has 7 nitrogen and oxygen atoms in total. The summed E-state index contributed by atoms with van der Waals surface area (Å²) in [5, 5.41) is 6.18. The number of para-hydroxylation sites is 1. The Balaban J connectivity index is 1.48. The number of ether oxygens (including phenoxy) is 1. The summed E-state index contributed by atoms with van der Waals surface area (Å²) in [7, 11) is 0. The van der Waals surface area contributed by atoms with Crippen LogP contribution in [0.25, 0.3) is 20.7 Å². The topological polar surface area (TPSA) is 90.3 Å². The fraction of sp³-hybridized carbons (Fsp3) is 0.143. The first kappa shape index (κ1) is 21.8. The summed E-state index contributed by atoms with van der Waals surface area (Å²) >= 11 is 2.80. The van der Waals surface area contributed by atoms with Crippen LogP contribution in [0.5, 0.6) is 0 Å². The van der Waals surface area contributed by atoms with Crippen molar-refractivity contribution in [2.45, 2.75) is 19.6 Å². The molecule has 11 heteroatoms. The summed E-state index contributed by atoms with van der Waals surface area (Å²) in [6.45, 7) is 0.775. The number of benzene rings is 1. The van der Waals surface area contributed by atoms with Crippen LogP contribution in [0.3, 0.4) is 0 Å². The minimum absolute atomic E-state index is 0.397. The number of thiophene rings is 2.